The van der Waals surface area contributed by atoms with Crippen LogP contribution in [0.1, 0.15) is 59.3 Å². The molecule has 0 aromatic rings. The number of allylic oxidation sites excluding steroid dienone is 1. The number of unbranched alkanes of at least 4 members (excludes halogenated alkanes) is 1. The molecule has 0 spiro atoms. The van der Waals surface area contributed by atoms with Gasteiger partial charge in [0, 0.05) is 0 Å². The third-order valence-electron chi connectivity index (χ3n) is 2.55. The first-order chi connectivity index (χ1) is 5.76. The van der Waals surface area contributed by atoms with Crippen molar-refractivity contribution in [1.82, 2.24) is 0 Å². The molecule has 72 valence electrons. The molecule has 0 saturated carbocycles. The molecule has 0 bridgehead atoms. The Morgan fingerprint density at radius 3 is 2.25 bits per heavy atom. The zero-order valence-corrected chi connectivity index (χ0v) is 9.03. The van der Waals surface area contributed by atoms with E-state index in [0.29, 0.717) is 0 Å². The predicted octanol–water partition coefficient (Wildman–Crippen LogP) is 4.56. The van der Waals surface area contributed by atoms with Gasteiger partial charge in [0.15, 0.2) is 0 Å². The zero-order valence-electron chi connectivity index (χ0n) is 9.03. The molecule has 0 N–H and O–H groups in total. The van der Waals surface area contributed by atoms with Crippen LogP contribution in [0.15, 0.2) is 12.2 Å². The first kappa shape index (κ1) is 11.7. The topological polar surface area (TPSA) is 0 Å². The lowest BCUT2D eigenvalue weighted by Gasteiger charge is -2.16. The molecule has 0 aliphatic heterocycles. The largest absolute Gasteiger partial charge is 0.0996 e. The van der Waals surface area contributed by atoms with Gasteiger partial charge >= 0.3 is 0 Å². The fourth-order valence-corrected chi connectivity index (χ4v) is 1.67. The summed E-state index contributed by atoms with van der Waals surface area (Å²) in [5, 5.41) is 0. The van der Waals surface area contributed by atoms with Crippen LogP contribution in [0.2, 0.25) is 0 Å². The first-order valence-corrected chi connectivity index (χ1v) is 5.43. The minimum Gasteiger partial charge on any atom is -0.0996 e. The van der Waals surface area contributed by atoms with Gasteiger partial charge in [-0.05, 0) is 25.2 Å². The first-order valence-electron chi connectivity index (χ1n) is 5.43. The summed E-state index contributed by atoms with van der Waals surface area (Å²) in [5.41, 5.74) is 1.48. The Morgan fingerprint density at radius 2 is 1.83 bits per heavy atom. The molecule has 0 aromatic carbocycles. The molecule has 0 aromatic heterocycles. The molecule has 0 fully saturated rings. The molecule has 0 aliphatic rings. The van der Waals surface area contributed by atoms with Gasteiger partial charge in [0.2, 0.25) is 0 Å². The Morgan fingerprint density at radius 1 is 1.17 bits per heavy atom. The van der Waals surface area contributed by atoms with Gasteiger partial charge in [-0.25, -0.2) is 0 Å². The van der Waals surface area contributed by atoms with E-state index in [9.17, 15) is 0 Å². The van der Waals surface area contributed by atoms with Gasteiger partial charge in [0.25, 0.3) is 0 Å². The molecular weight excluding hydrogens is 144 g/mol. The molecule has 0 nitrogen and oxygen atoms in total. The van der Waals surface area contributed by atoms with E-state index >= 15 is 0 Å². The number of rotatable bonds is 7. The van der Waals surface area contributed by atoms with Gasteiger partial charge in [0.05, 0.1) is 0 Å². The average molecular weight is 168 g/mol. The molecule has 0 heteroatoms. The van der Waals surface area contributed by atoms with Crippen LogP contribution < -0.4 is 0 Å². The highest BCUT2D eigenvalue weighted by Gasteiger charge is 2.08. The molecule has 0 aliphatic carbocycles. The van der Waals surface area contributed by atoms with E-state index in [1.54, 1.807) is 0 Å². The van der Waals surface area contributed by atoms with Crippen LogP contribution in [-0.2, 0) is 0 Å². The highest BCUT2D eigenvalue weighted by atomic mass is 14.1. The summed E-state index contributed by atoms with van der Waals surface area (Å²) >= 11 is 0. The van der Waals surface area contributed by atoms with Crippen LogP contribution in [0.3, 0.4) is 0 Å². The van der Waals surface area contributed by atoms with Gasteiger partial charge in [-0.1, -0.05) is 52.2 Å². The average Bonchev–Trinajstić information content (AvgIpc) is 2.06. The molecule has 0 rings (SSSR count). The van der Waals surface area contributed by atoms with Crippen LogP contribution in [0.4, 0.5) is 0 Å². The van der Waals surface area contributed by atoms with Gasteiger partial charge in [0.1, 0.15) is 0 Å². The van der Waals surface area contributed by atoms with Crippen LogP contribution >= 0.6 is 0 Å². The van der Waals surface area contributed by atoms with Crippen molar-refractivity contribution in [3.63, 3.8) is 0 Å². The lowest BCUT2D eigenvalue weighted by molar-refractivity contribution is 0.500. The van der Waals surface area contributed by atoms with E-state index in [2.05, 4.69) is 27.4 Å². The fraction of sp³-hybridized carbons (Fsp3) is 0.833. The summed E-state index contributed by atoms with van der Waals surface area (Å²) in [4.78, 5) is 0. The molecule has 0 saturated heterocycles. The van der Waals surface area contributed by atoms with Gasteiger partial charge in [-0.2, -0.15) is 0 Å². The highest BCUT2D eigenvalue weighted by molar-refractivity contribution is 4.99. The van der Waals surface area contributed by atoms with Crippen molar-refractivity contribution in [3.8, 4) is 0 Å². The maximum Gasteiger partial charge on any atom is -0.0209 e. The monoisotopic (exact) mass is 168 g/mol. The van der Waals surface area contributed by atoms with E-state index in [1.165, 1.54) is 44.1 Å². The summed E-state index contributed by atoms with van der Waals surface area (Å²) in [6, 6.07) is 0. The highest BCUT2D eigenvalue weighted by Crippen LogP contribution is 2.23. The Kier molecular flexibility index (Phi) is 7.23. The van der Waals surface area contributed by atoms with Crippen LogP contribution in [0, 0.1) is 5.92 Å². The molecule has 1 unspecified atom stereocenters. The third-order valence-corrected chi connectivity index (χ3v) is 2.55. The fourth-order valence-electron chi connectivity index (χ4n) is 1.67. The van der Waals surface area contributed by atoms with Crippen LogP contribution in [0.5, 0.6) is 0 Å². The van der Waals surface area contributed by atoms with Crippen molar-refractivity contribution in [2.45, 2.75) is 59.3 Å². The standard InChI is InChI=1S/C12H24/c1-5-8-10-12(7-3)11(4)9-6-2/h12H,4-10H2,1-3H3. The van der Waals surface area contributed by atoms with Crippen molar-refractivity contribution < 1.29 is 0 Å². The Bertz CT molecular complexity index is 113. The van der Waals surface area contributed by atoms with Crippen molar-refractivity contribution in [2.24, 2.45) is 5.92 Å². The lowest BCUT2D eigenvalue weighted by Crippen LogP contribution is -2.01. The lowest BCUT2D eigenvalue weighted by atomic mass is 9.90. The van der Waals surface area contributed by atoms with Crippen molar-refractivity contribution in [2.75, 3.05) is 0 Å². The Balaban J connectivity index is 3.71. The summed E-state index contributed by atoms with van der Waals surface area (Å²) in [6.45, 7) is 10.9. The minimum atomic E-state index is 0.796. The van der Waals surface area contributed by atoms with E-state index in [-0.39, 0.29) is 0 Å². The number of hydrogen-bond acceptors (Lipinski definition) is 0. The van der Waals surface area contributed by atoms with E-state index in [4.69, 9.17) is 0 Å². The van der Waals surface area contributed by atoms with Crippen molar-refractivity contribution in [3.05, 3.63) is 12.2 Å². The van der Waals surface area contributed by atoms with Crippen LogP contribution in [0.25, 0.3) is 0 Å². The summed E-state index contributed by atoms with van der Waals surface area (Å²) in [6.07, 6.45) is 7.78. The molecule has 0 amide bonds. The summed E-state index contributed by atoms with van der Waals surface area (Å²) in [5.74, 6) is 0.796. The SMILES string of the molecule is C=C(CCC)C(CC)CCCC. The van der Waals surface area contributed by atoms with E-state index in [0.717, 1.165) is 5.92 Å². The van der Waals surface area contributed by atoms with E-state index < -0.39 is 0 Å². The zero-order chi connectivity index (χ0) is 9.40. The van der Waals surface area contributed by atoms with Crippen LogP contribution in [-0.4, -0.2) is 0 Å². The minimum absolute atomic E-state index is 0.796. The summed E-state index contributed by atoms with van der Waals surface area (Å²) in [7, 11) is 0. The second-order valence-corrected chi connectivity index (χ2v) is 3.66. The summed E-state index contributed by atoms with van der Waals surface area (Å²) < 4.78 is 0. The predicted molar refractivity (Wildman–Crippen MR) is 57.4 cm³/mol. The normalized spacial score (nSPS) is 12.9. The second-order valence-electron chi connectivity index (χ2n) is 3.66. The van der Waals surface area contributed by atoms with Gasteiger partial charge in [-0.15, -0.1) is 0 Å². The molecule has 0 radical (unpaired) electrons. The van der Waals surface area contributed by atoms with Crippen molar-refractivity contribution >= 4 is 0 Å². The molecular formula is C12H24. The molecule has 0 heterocycles. The van der Waals surface area contributed by atoms with Gasteiger partial charge < -0.3 is 0 Å². The third kappa shape index (κ3) is 4.58. The van der Waals surface area contributed by atoms with Crippen molar-refractivity contribution in [1.29, 1.82) is 0 Å². The van der Waals surface area contributed by atoms with Gasteiger partial charge in [-0.3, -0.25) is 0 Å². The Labute approximate surface area is 78.1 Å². The quantitative estimate of drug-likeness (QED) is 0.489. The maximum absolute atomic E-state index is 4.17. The number of hydrogen-bond donors (Lipinski definition) is 0. The molecule has 1 atom stereocenters. The smallest absolute Gasteiger partial charge is 0.0209 e. The van der Waals surface area contributed by atoms with E-state index in [1.807, 2.05) is 0 Å². The Hall–Kier alpha value is -0.260. The maximum atomic E-state index is 4.17. The second kappa shape index (κ2) is 7.39. The molecule has 12 heavy (non-hydrogen) atoms.